The molecule has 0 bridgehead atoms. The molecule has 1 fully saturated rings. The fourth-order valence-corrected chi connectivity index (χ4v) is 4.34. The van der Waals surface area contributed by atoms with Crippen molar-refractivity contribution in [3.05, 3.63) is 47.4 Å². The highest BCUT2D eigenvalue weighted by Crippen LogP contribution is 2.35. The Kier molecular flexibility index (Phi) is 5.23. The van der Waals surface area contributed by atoms with Crippen molar-refractivity contribution in [2.75, 3.05) is 11.9 Å². The Balaban J connectivity index is 1.35. The fourth-order valence-electron chi connectivity index (χ4n) is 3.60. The summed E-state index contributed by atoms with van der Waals surface area (Å²) in [6, 6.07) is 3.45. The number of anilines is 1. The number of fused-ring (bicyclic) bond motifs is 1. The van der Waals surface area contributed by atoms with Gasteiger partial charge in [-0.25, -0.2) is 13.8 Å². The van der Waals surface area contributed by atoms with Crippen LogP contribution in [0.5, 0.6) is 0 Å². The fraction of sp³-hybridized carbons (Fsp3) is 0.300. The molecule has 2 aliphatic rings. The highest BCUT2D eigenvalue weighted by atomic mass is 32.1. The first-order valence-electron chi connectivity index (χ1n) is 9.15. The molecule has 0 unspecified atom stereocenters. The Bertz CT molecular complexity index is 994. The minimum absolute atomic E-state index is 0.0257. The van der Waals surface area contributed by atoms with E-state index in [0.29, 0.717) is 29.2 Å². The van der Waals surface area contributed by atoms with E-state index in [9.17, 15) is 23.2 Å². The van der Waals surface area contributed by atoms with E-state index in [2.05, 4.69) is 10.3 Å². The second-order valence-electron chi connectivity index (χ2n) is 6.95. The molecule has 150 valence electrons. The summed E-state index contributed by atoms with van der Waals surface area (Å²) in [7, 11) is 0. The van der Waals surface area contributed by atoms with Crippen LogP contribution in [0.2, 0.25) is 0 Å². The minimum atomic E-state index is -0.975. The molecule has 0 radical (unpaired) electrons. The molecule has 1 N–H and O–H groups in total. The van der Waals surface area contributed by atoms with Crippen LogP contribution in [0.25, 0.3) is 11.3 Å². The molecule has 0 spiro atoms. The van der Waals surface area contributed by atoms with Gasteiger partial charge in [-0.05, 0) is 31.0 Å². The van der Waals surface area contributed by atoms with Crippen LogP contribution in [-0.2, 0) is 14.4 Å². The van der Waals surface area contributed by atoms with Crippen molar-refractivity contribution in [1.29, 1.82) is 0 Å². The van der Waals surface area contributed by atoms with Gasteiger partial charge in [0, 0.05) is 23.9 Å². The predicted octanol–water partition coefficient (Wildman–Crippen LogP) is 3.37. The Morgan fingerprint density at radius 2 is 1.83 bits per heavy atom. The molecule has 1 aliphatic heterocycles. The quantitative estimate of drug-likeness (QED) is 0.598. The van der Waals surface area contributed by atoms with E-state index in [1.165, 1.54) is 11.0 Å². The molecule has 2 heterocycles. The molecule has 0 saturated carbocycles. The first-order chi connectivity index (χ1) is 13.9. The number of thiazole rings is 1. The second-order valence-corrected chi connectivity index (χ2v) is 7.81. The van der Waals surface area contributed by atoms with Gasteiger partial charge in [0.25, 0.3) is 0 Å². The number of carbonyl (C=O) groups excluding carboxylic acids is 3. The molecule has 2 atom stereocenters. The Hall–Kier alpha value is -2.94. The number of imide groups is 1. The van der Waals surface area contributed by atoms with Crippen molar-refractivity contribution >= 4 is 34.2 Å². The molecule has 2 aromatic rings. The normalized spacial score (nSPS) is 20.8. The van der Waals surface area contributed by atoms with Crippen molar-refractivity contribution in [3.8, 4) is 11.3 Å². The maximum atomic E-state index is 13.4. The van der Waals surface area contributed by atoms with Gasteiger partial charge in [0.15, 0.2) is 16.8 Å². The van der Waals surface area contributed by atoms with E-state index < -0.39 is 11.6 Å². The van der Waals surface area contributed by atoms with Crippen LogP contribution in [0.15, 0.2) is 35.7 Å². The van der Waals surface area contributed by atoms with Gasteiger partial charge in [-0.1, -0.05) is 12.2 Å². The zero-order chi connectivity index (χ0) is 20.5. The smallest absolute Gasteiger partial charge is 0.233 e. The molecule has 4 rings (SSSR count). The van der Waals surface area contributed by atoms with Gasteiger partial charge in [0.1, 0.15) is 0 Å². The lowest BCUT2D eigenvalue weighted by molar-refractivity contribution is -0.140. The lowest BCUT2D eigenvalue weighted by Crippen LogP contribution is -2.34. The lowest BCUT2D eigenvalue weighted by atomic mass is 9.85. The summed E-state index contributed by atoms with van der Waals surface area (Å²) in [5.41, 5.74) is 0.802. The second kappa shape index (κ2) is 7.82. The van der Waals surface area contributed by atoms with Gasteiger partial charge >= 0.3 is 0 Å². The van der Waals surface area contributed by atoms with Crippen molar-refractivity contribution in [1.82, 2.24) is 9.88 Å². The summed E-state index contributed by atoms with van der Waals surface area (Å²) < 4.78 is 26.4. The standard InChI is InChI=1S/C20H17F2N3O3S/c21-14-6-5-11(9-15(14)22)16-10-29-20(23-16)24-17(26)7-8-25-18(27)12-3-1-2-4-13(12)19(25)28/h1-2,5-6,9-10,12-13H,3-4,7-8H2,(H,23,24,26)/t12-,13-/m0/s1. The molecule has 29 heavy (non-hydrogen) atoms. The molecule has 9 heteroatoms. The van der Waals surface area contributed by atoms with Crippen molar-refractivity contribution in [3.63, 3.8) is 0 Å². The maximum Gasteiger partial charge on any atom is 0.233 e. The van der Waals surface area contributed by atoms with Crippen LogP contribution in [0.3, 0.4) is 0 Å². The molecule has 6 nitrogen and oxygen atoms in total. The van der Waals surface area contributed by atoms with Crippen LogP contribution in [0.4, 0.5) is 13.9 Å². The topological polar surface area (TPSA) is 79.4 Å². The molecular formula is C20H17F2N3O3S. The Labute approximate surface area is 169 Å². The third-order valence-corrected chi connectivity index (χ3v) is 5.88. The minimum Gasteiger partial charge on any atom is -0.302 e. The molecular weight excluding hydrogens is 400 g/mol. The number of benzene rings is 1. The summed E-state index contributed by atoms with van der Waals surface area (Å²) in [5.74, 6) is -3.36. The number of rotatable bonds is 5. The number of likely N-dealkylation sites (tertiary alicyclic amines) is 1. The van der Waals surface area contributed by atoms with Crippen LogP contribution in [0, 0.1) is 23.5 Å². The highest BCUT2D eigenvalue weighted by molar-refractivity contribution is 7.14. The van der Waals surface area contributed by atoms with E-state index in [1.807, 2.05) is 12.2 Å². The predicted molar refractivity (Wildman–Crippen MR) is 103 cm³/mol. The Morgan fingerprint density at radius 3 is 2.48 bits per heavy atom. The Morgan fingerprint density at radius 1 is 1.14 bits per heavy atom. The molecule has 1 saturated heterocycles. The first-order valence-corrected chi connectivity index (χ1v) is 10.0. The number of allylic oxidation sites excluding steroid dienone is 2. The number of hydrogen-bond donors (Lipinski definition) is 1. The van der Waals surface area contributed by atoms with Gasteiger partial charge in [-0.15, -0.1) is 11.3 Å². The lowest BCUT2D eigenvalue weighted by Gasteiger charge is -2.14. The van der Waals surface area contributed by atoms with Crippen LogP contribution in [-0.4, -0.2) is 34.2 Å². The van der Waals surface area contributed by atoms with Gasteiger partial charge in [0.05, 0.1) is 17.5 Å². The van der Waals surface area contributed by atoms with E-state index >= 15 is 0 Å². The van der Waals surface area contributed by atoms with Crippen molar-refractivity contribution < 1.29 is 23.2 Å². The van der Waals surface area contributed by atoms with E-state index in [0.717, 1.165) is 23.5 Å². The number of amides is 3. The number of aromatic nitrogens is 1. The number of carbonyl (C=O) groups is 3. The van der Waals surface area contributed by atoms with Crippen LogP contribution >= 0.6 is 11.3 Å². The largest absolute Gasteiger partial charge is 0.302 e. The number of hydrogen-bond acceptors (Lipinski definition) is 5. The van der Waals surface area contributed by atoms with E-state index in [-0.39, 0.29) is 42.5 Å². The van der Waals surface area contributed by atoms with Crippen molar-refractivity contribution in [2.24, 2.45) is 11.8 Å². The van der Waals surface area contributed by atoms with Crippen molar-refractivity contribution in [2.45, 2.75) is 19.3 Å². The summed E-state index contributed by atoms with van der Waals surface area (Å²) >= 11 is 1.14. The zero-order valence-corrected chi connectivity index (χ0v) is 16.0. The monoisotopic (exact) mass is 417 g/mol. The maximum absolute atomic E-state index is 13.4. The van der Waals surface area contributed by atoms with Gasteiger partial charge < -0.3 is 5.32 Å². The summed E-state index contributed by atoms with van der Waals surface area (Å²) in [5, 5.41) is 4.53. The number of nitrogens with one attached hydrogen (secondary N) is 1. The average Bonchev–Trinajstić information content (AvgIpc) is 3.26. The van der Waals surface area contributed by atoms with Gasteiger partial charge in [-0.2, -0.15) is 0 Å². The number of nitrogens with zero attached hydrogens (tertiary/aromatic N) is 2. The summed E-state index contributed by atoms with van der Waals surface area (Å²) in [6.45, 7) is 0.0257. The number of halogens is 2. The van der Waals surface area contributed by atoms with Gasteiger partial charge in [-0.3, -0.25) is 19.3 Å². The van der Waals surface area contributed by atoms with E-state index in [1.54, 1.807) is 5.38 Å². The molecule has 3 amide bonds. The molecule has 1 aromatic carbocycles. The molecule has 1 aromatic heterocycles. The SMILES string of the molecule is O=C(CCN1C(=O)[C@H]2CC=CC[C@@H]2C1=O)Nc1nc(-c2ccc(F)c(F)c2)cs1. The summed E-state index contributed by atoms with van der Waals surface area (Å²) in [6.07, 6.45) is 4.91. The van der Waals surface area contributed by atoms with Crippen LogP contribution in [0.1, 0.15) is 19.3 Å². The average molecular weight is 417 g/mol. The van der Waals surface area contributed by atoms with Gasteiger partial charge in [0.2, 0.25) is 17.7 Å². The van der Waals surface area contributed by atoms with Crippen LogP contribution < -0.4 is 5.32 Å². The highest BCUT2D eigenvalue weighted by Gasteiger charge is 2.46. The molecule has 1 aliphatic carbocycles. The third kappa shape index (κ3) is 3.82. The first kappa shape index (κ1) is 19.4. The summed E-state index contributed by atoms with van der Waals surface area (Å²) in [4.78, 5) is 42.4. The zero-order valence-electron chi connectivity index (χ0n) is 15.2. The van der Waals surface area contributed by atoms with E-state index in [4.69, 9.17) is 0 Å². The third-order valence-electron chi connectivity index (χ3n) is 5.13.